The van der Waals surface area contributed by atoms with E-state index in [1.165, 1.54) is 30.5 Å². The monoisotopic (exact) mass is 481 g/mol. The molecule has 0 spiro atoms. The van der Waals surface area contributed by atoms with Crippen molar-refractivity contribution in [1.82, 2.24) is 9.88 Å². The number of rotatable bonds is 8. The first-order valence-electron chi connectivity index (χ1n) is 10.2. The summed E-state index contributed by atoms with van der Waals surface area (Å²) in [6.07, 6.45) is 4.01. The minimum atomic E-state index is -3.33. The van der Waals surface area contributed by atoms with Crippen molar-refractivity contribution in [3.8, 4) is 0 Å². The number of sulfone groups is 1. The van der Waals surface area contributed by atoms with Gasteiger partial charge in [-0.05, 0) is 42.9 Å². The van der Waals surface area contributed by atoms with Crippen LogP contribution >= 0.6 is 11.3 Å². The summed E-state index contributed by atoms with van der Waals surface area (Å²) in [5.74, 6) is -0.373. The zero-order valence-electron chi connectivity index (χ0n) is 18.0. The van der Waals surface area contributed by atoms with Crippen LogP contribution in [-0.4, -0.2) is 61.9 Å². The quantitative estimate of drug-likeness (QED) is 0.593. The molecule has 9 nitrogen and oxygen atoms in total. The molecule has 2 aromatic rings. The first kappa shape index (κ1) is 24.1. The van der Waals surface area contributed by atoms with E-state index in [0.29, 0.717) is 35.6 Å². The maximum atomic E-state index is 13.2. The fourth-order valence-corrected chi connectivity index (χ4v) is 5.09. The third-order valence-electron chi connectivity index (χ3n) is 5.44. The van der Waals surface area contributed by atoms with Crippen molar-refractivity contribution in [3.63, 3.8) is 0 Å². The molecule has 2 N–H and O–H groups in total. The molecule has 1 aliphatic heterocycles. The number of carbonyl (C=O) groups is 2. The van der Waals surface area contributed by atoms with Gasteiger partial charge in [0.15, 0.2) is 15.0 Å². The normalized spacial score (nSPS) is 15.8. The molecule has 1 fully saturated rings. The Labute approximate surface area is 191 Å². The second kappa shape index (κ2) is 10.4. The molecular weight excluding hydrogens is 454 g/mol. The van der Waals surface area contributed by atoms with Crippen LogP contribution in [0.15, 0.2) is 35.4 Å². The number of amides is 2. The summed E-state index contributed by atoms with van der Waals surface area (Å²) >= 11 is 1.22. The Kier molecular flexibility index (Phi) is 7.86. The lowest BCUT2D eigenvalue weighted by Gasteiger charge is -2.26. The van der Waals surface area contributed by atoms with Gasteiger partial charge in [0, 0.05) is 37.6 Å². The SMILES string of the molecule is CN(Cc1cnc(NC(=O)C(CC2CCOCC2)c2ccc(S(C)(=O)=O)cc2)s1)C(=O)O. The first-order valence-corrected chi connectivity index (χ1v) is 12.9. The summed E-state index contributed by atoms with van der Waals surface area (Å²) < 4.78 is 29.0. The second-order valence-electron chi connectivity index (χ2n) is 7.94. The summed E-state index contributed by atoms with van der Waals surface area (Å²) in [4.78, 5) is 30.5. The van der Waals surface area contributed by atoms with Crippen molar-refractivity contribution < 1.29 is 27.9 Å². The van der Waals surface area contributed by atoms with Gasteiger partial charge in [-0.25, -0.2) is 18.2 Å². The third-order valence-corrected chi connectivity index (χ3v) is 7.47. The summed E-state index contributed by atoms with van der Waals surface area (Å²) in [5.41, 5.74) is 0.740. The smallest absolute Gasteiger partial charge is 0.407 e. The largest absolute Gasteiger partial charge is 0.465 e. The number of hydrogen-bond donors (Lipinski definition) is 2. The Bertz CT molecular complexity index is 1050. The lowest BCUT2D eigenvalue weighted by Crippen LogP contribution is -2.26. The van der Waals surface area contributed by atoms with Crippen molar-refractivity contribution >= 4 is 38.3 Å². The van der Waals surface area contributed by atoms with E-state index in [9.17, 15) is 18.0 Å². The van der Waals surface area contributed by atoms with Gasteiger partial charge < -0.3 is 20.1 Å². The number of carboxylic acid groups (broad SMARTS) is 1. The molecule has 1 unspecified atom stereocenters. The maximum absolute atomic E-state index is 13.2. The highest BCUT2D eigenvalue weighted by molar-refractivity contribution is 7.90. The van der Waals surface area contributed by atoms with E-state index in [0.717, 1.165) is 29.6 Å². The molecule has 1 aromatic heterocycles. The van der Waals surface area contributed by atoms with E-state index >= 15 is 0 Å². The maximum Gasteiger partial charge on any atom is 0.407 e. The van der Waals surface area contributed by atoms with Crippen LogP contribution in [0.5, 0.6) is 0 Å². The number of benzene rings is 1. The molecule has 2 heterocycles. The van der Waals surface area contributed by atoms with E-state index in [4.69, 9.17) is 9.84 Å². The van der Waals surface area contributed by atoms with Gasteiger partial charge >= 0.3 is 6.09 Å². The molecule has 1 aromatic carbocycles. The van der Waals surface area contributed by atoms with Gasteiger partial charge in [0.25, 0.3) is 0 Å². The van der Waals surface area contributed by atoms with Crippen LogP contribution in [0, 0.1) is 5.92 Å². The second-order valence-corrected chi connectivity index (χ2v) is 11.1. The Morgan fingerprint density at radius 1 is 1.28 bits per heavy atom. The van der Waals surface area contributed by atoms with Gasteiger partial charge in [0.05, 0.1) is 17.4 Å². The number of aromatic nitrogens is 1. The predicted octanol–water partition coefficient (Wildman–Crippen LogP) is 3.20. The fourth-order valence-electron chi connectivity index (χ4n) is 3.59. The van der Waals surface area contributed by atoms with Gasteiger partial charge in [-0.2, -0.15) is 0 Å². The van der Waals surface area contributed by atoms with E-state index in [-0.39, 0.29) is 17.3 Å². The standard InChI is InChI=1S/C21H27N3O6S2/c1-24(21(26)27)13-16-12-22-20(31-16)23-19(25)18(11-14-7-9-30-10-8-14)15-3-5-17(6-4-15)32(2,28)29/h3-6,12,14,18H,7-11,13H2,1-2H3,(H,26,27)(H,22,23,25). The molecule has 0 bridgehead atoms. The lowest BCUT2D eigenvalue weighted by molar-refractivity contribution is -0.118. The van der Waals surface area contributed by atoms with Crippen molar-refractivity contribution in [2.75, 3.05) is 31.8 Å². The number of nitrogens with one attached hydrogen (secondary N) is 1. The van der Waals surface area contributed by atoms with Gasteiger partial charge in [0.1, 0.15) is 0 Å². The summed E-state index contributed by atoms with van der Waals surface area (Å²) in [6, 6.07) is 6.43. The Morgan fingerprint density at radius 3 is 2.53 bits per heavy atom. The number of thiazole rings is 1. The van der Waals surface area contributed by atoms with Gasteiger partial charge in [-0.1, -0.05) is 23.5 Å². The Balaban J connectivity index is 1.77. The highest BCUT2D eigenvalue weighted by atomic mass is 32.2. The molecule has 1 aliphatic rings. The zero-order chi connectivity index (χ0) is 23.3. The Hall–Kier alpha value is -2.50. The third kappa shape index (κ3) is 6.50. The topological polar surface area (TPSA) is 126 Å². The van der Waals surface area contributed by atoms with Gasteiger partial charge in [-0.15, -0.1) is 0 Å². The molecule has 32 heavy (non-hydrogen) atoms. The molecule has 1 saturated heterocycles. The number of carbonyl (C=O) groups excluding carboxylic acids is 1. The Morgan fingerprint density at radius 2 is 1.94 bits per heavy atom. The number of hydrogen-bond acceptors (Lipinski definition) is 7. The van der Waals surface area contributed by atoms with Gasteiger partial charge in [-0.3, -0.25) is 4.79 Å². The molecule has 2 amide bonds. The van der Waals surface area contributed by atoms with E-state index in [1.54, 1.807) is 18.3 Å². The van der Waals surface area contributed by atoms with Crippen LogP contribution in [0.4, 0.5) is 9.93 Å². The molecule has 0 saturated carbocycles. The van der Waals surface area contributed by atoms with Crippen LogP contribution in [-0.2, 0) is 25.9 Å². The molecular formula is C21H27N3O6S2. The molecule has 0 aliphatic carbocycles. The average molecular weight is 482 g/mol. The highest BCUT2D eigenvalue weighted by Gasteiger charge is 2.27. The summed E-state index contributed by atoms with van der Waals surface area (Å²) in [7, 11) is -1.86. The summed E-state index contributed by atoms with van der Waals surface area (Å²) in [6.45, 7) is 1.51. The zero-order valence-corrected chi connectivity index (χ0v) is 19.6. The van der Waals surface area contributed by atoms with Crippen LogP contribution in [0.2, 0.25) is 0 Å². The minimum absolute atomic E-state index is 0.182. The van der Waals surface area contributed by atoms with E-state index < -0.39 is 21.8 Å². The van der Waals surface area contributed by atoms with Crippen molar-refractivity contribution in [2.24, 2.45) is 5.92 Å². The van der Waals surface area contributed by atoms with Crippen LogP contribution < -0.4 is 5.32 Å². The number of ether oxygens (including phenoxy) is 1. The molecule has 1 atom stereocenters. The molecule has 0 radical (unpaired) electrons. The molecule has 11 heteroatoms. The fraction of sp³-hybridized carbons (Fsp3) is 0.476. The van der Waals surface area contributed by atoms with E-state index in [1.807, 2.05) is 0 Å². The van der Waals surface area contributed by atoms with Crippen molar-refractivity contribution in [3.05, 3.63) is 40.9 Å². The first-order chi connectivity index (χ1) is 15.1. The predicted molar refractivity (Wildman–Crippen MR) is 121 cm³/mol. The van der Waals surface area contributed by atoms with Crippen LogP contribution in [0.3, 0.4) is 0 Å². The minimum Gasteiger partial charge on any atom is -0.465 e. The van der Waals surface area contributed by atoms with Crippen LogP contribution in [0.25, 0.3) is 0 Å². The summed E-state index contributed by atoms with van der Waals surface area (Å²) in [5, 5.41) is 12.3. The van der Waals surface area contributed by atoms with Crippen LogP contribution in [0.1, 0.15) is 35.6 Å². The number of anilines is 1. The van der Waals surface area contributed by atoms with Crippen molar-refractivity contribution in [2.45, 2.75) is 36.6 Å². The van der Waals surface area contributed by atoms with Crippen molar-refractivity contribution in [1.29, 1.82) is 0 Å². The lowest BCUT2D eigenvalue weighted by atomic mass is 9.84. The molecule has 3 rings (SSSR count). The molecule has 174 valence electrons. The number of nitrogens with zero attached hydrogens (tertiary/aromatic N) is 2. The van der Waals surface area contributed by atoms with Gasteiger partial charge in [0.2, 0.25) is 5.91 Å². The average Bonchev–Trinajstić information content (AvgIpc) is 3.18. The highest BCUT2D eigenvalue weighted by Crippen LogP contribution is 2.32. The van der Waals surface area contributed by atoms with E-state index in [2.05, 4.69) is 10.3 Å².